The van der Waals surface area contributed by atoms with Crippen molar-refractivity contribution < 1.29 is 4.79 Å². The molecule has 1 saturated heterocycles. The summed E-state index contributed by atoms with van der Waals surface area (Å²) in [5.74, 6) is 0.579. The first-order chi connectivity index (χ1) is 14.0. The summed E-state index contributed by atoms with van der Waals surface area (Å²) in [4.78, 5) is 31.2. The monoisotopic (exact) mass is 409 g/mol. The molecule has 1 fully saturated rings. The zero-order valence-corrected chi connectivity index (χ0v) is 17.3. The molecule has 1 aliphatic heterocycles. The maximum absolute atomic E-state index is 13.0. The van der Waals surface area contributed by atoms with Crippen molar-refractivity contribution in [2.45, 2.75) is 19.8 Å². The summed E-state index contributed by atoms with van der Waals surface area (Å²) < 4.78 is 1.32. The third-order valence-corrected chi connectivity index (χ3v) is 5.92. The number of aromatic nitrogens is 3. The molecule has 150 valence electrons. The number of amides is 1. The van der Waals surface area contributed by atoms with Gasteiger partial charge in [0.1, 0.15) is 5.82 Å². The molecule has 0 saturated carbocycles. The van der Waals surface area contributed by atoms with Crippen LogP contribution in [-0.4, -0.2) is 33.8 Å². The summed E-state index contributed by atoms with van der Waals surface area (Å²) in [6.45, 7) is 3.37. The maximum Gasteiger partial charge on any atom is 0.266 e. The van der Waals surface area contributed by atoms with Crippen LogP contribution in [0.1, 0.15) is 17.8 Å². The fourth-order valence-electron chi connectivity index (χ4n) is 3.60. The molecule has 4 rings (SSSR count). The first-order valence-electron chi connectivity index (χ1n) is 9.63. The summed E-state index contributed by atoms with van der Waals surface area (Å²) >= 11 is 1.59. The maximum atomic E-state index is 13.0. The highest BCUT2D eigenvalue weighted by Crippen LogP contribution is 2.30. The van der Waals surface area contributed by atoms with E-state index in [1.54, 1.807) is 24.5 Å². The highest BCUT2D eigenvalue weighted by atomic mass is 32.1. The Morgan fingerprint density at radius 3 is 2.83 bits per heavy atom. The number of hydrogen-bond acceptors (Lipinski definition) is 6. The predicted octanol–water partition coefficient (Wildman–Crippen LogP) is 3.07. The third-order valence-electron chi connectivity index (χ3n) is 5.14. The fraction of sp³-hybridized carbons (Fsp3) is 0.333. The molecule has 0 aliphatic carbocycles. The van der Waals surface area contributed by atoms with E-state index < -0.39 is 0 Å². The lowest BCUT2D eigenvalue weighted by molar-refractivity contribution is -0.120. The summed E-state index contributed by atoms with van der Waals surface area (Å²) in [5.41, 5.74) is 2.44. The van der Waals surface area contributed by atoms with Crippen molar-refractivity contribution in [2.75, 3.05) is 23.3 Å². The molecule has 8 heteroatoms. The van der Waals surface area contributed by atoms with Crippen molar-refractivity contribution in [1.82, 2.24) is 14.8 Å². The largest absolute Gasteiger partial charge is 0.354 e. The zero-order valence-electron chi connectivity index (χ0n) is 16.5. The first kappa shape index (κ1) is 19.3. The number of thiazole rings is 1. The molecule has 0 spiro atoms. The molecule has 1 aromatic carbocycles. The van der Waals surface area contributed by atoms with E-state index in [1.165, 1.54) is 10.7 Å². The summed E-state index contributed by atoms with van der Waals surface area (Å²) in [6, 6.07) is 11.0. The Bertz CT molecular complexity index is 1090. The van der Waals surface area contributed by atoms with Crippen LogP contribution in [0.3, 0.4) is 0 Å². The lowest BCUT2D eigenvalue weighted by Gasteiger charge is -2.32. The quantitative estimate of drug-likeness (QED) is 0.716. The number of hydrogen-bond donors (Lipinski definition) is 1. The Morgan fingerprint density at radius 1 is 1.24 bits per heavy atom. The molecule has 1 atom stereocenters. The predicted molar refractivity (Wildman–Crippen MR) is 115 cm³/mol. The van der Waals surface area contributed by atoms with Crippen LogP contribution in [0.25, 0.3) is 11.3 Å². The lowest BCUT2D eigenvalue weighted by atomic mass is 9.96. The Balaban J connectivity index is 1.50. The van der Waals surface area contributed by atoms with Gasteiger partial charge in [0, 0.05) is 37.1 Å². The van der Waals surface area contributed by atoms with Gasteiger partial charge in [0.05, 0.1) is 22.3 Å². The van der Waals surface area contributed by atoms with Crippen LogP contribution in [0, 0.1) is 12.8 Å². The number of rotatable bonds is 4. The SMILES string of the molecule is Cc1nc(-c2ccccc2NC(=O)[C@@H]2CCCN(c3ccc(=O)n(C)n3)C2)cs1. The minimum absolute atomic E-state index is 0.000999. The van der Waals surface area contributed by atoms with E-state index in [0.717, 1.165) is 47.2 Å². The summed E-state index contributed by atoms with van der Waals surface area (Å²) in [5, 5.41) is 10.4. The van der Waals surface area contributed by atoms with Gasteiger partial charge in [-0.05, 0) is 31.9 Å². The second-order valence-corrected chi connectivity index (χ2v) is 8.29. The second-order valence-electron chi connectivity index (χ2n) is 7.23. The van der Waals surface area contributed by atoms with E-state index in [0.29, 0.717) is 6.54 Å². The van der Waals surface area contributed by atoms with Crippen molar-refractivity contribution in [3.8, 4) is 11.3 Å². The van der Waals surface area contributed by atoms with Gasteiger partial charge in [-0.25, -0.2) is 9.67 Å². The minimum atomic E-state index is -0.145. The van der Waals surface area contributed by atoms with E-state index in [4.69, 9.17) is 0 Å². The second kappa shape index (κ2) is 8.16. The molecule has 0 unspecified atom stereocenters. The van der Waals surface area contributed by atoms with Crippen LogP contribution in [0.5, 0.6) is 0 Å². The Hall–Kier alpha value is -3.00. The van der Waals surface area contributed by atoms with E-state index in [9.17, 15) is 9.59 Å². The number of nitrogens with one attached hydrogen (secondary N) is 1. The molecule has 1 aliphatic rings. The standard InChI is InChI=1S/C21H23N5O2S/c1-14-22-18(13-29-14)16-7-3-4-8-17(16)23-21(28)15-6-5-11-26(12-15)19-9-10-20(27)25(2)24-19/h3-4,7-10,13,15H,5-6,11-12H2,1-2H3,(H,23,28)/t15-/m1/s1. The number of piperidine rings is 1. The minimum Gasteiger partial charge on any atom is -0.354 e. The summed E-state index contributed by atoms with van der Waals surface area (Å²) in [7, 11) is 1.64. The molecule has 2 aromatic heterocycles. The zero-order chi connectivity index (χ0) is 20.4. The van der Waals surface area contributed by atoms with Gasteiger partial charge in [-0.3, -0.25) is 9.59 Å². The van der Waals surface area contributed by atoms with Gasteiger partial charge < -0.3 is 10.2 Å². The number of carbonyl (C=O) groups excluding carboxylic acids is 1. The normalized spacial score (nSPS) is 16.6. The molecular weight excluding hydrogens is 386 g/mol. The third kappa shape index (κ3) is 4.22. The van der Waals surface area contributed by atoms with Crippen molar-refractivity contribution in [3.63, 3.8) is 0 Å². The number of anilines is 2. The molecule has 0 radical (unpaired) electrons. The van der Waals surface area contributed by atoms with Crippen LogP contribution < -0.4 is 15.8 Å². The van der Waals surface area contributed by atoms with Gasteiger partial charge in [0.15, 0.2) is 0 Å². The van der Waals surface area contributed by atoms with E-state index >= 15 is 0 Å². The first-order valence-corrected chi connectivity index (χ1v) is 10.5. The molecule has 3 aromatic rings. The average Bonchev–Trinajstić information content (AvgIpc) is 3.16. The van der Waals surface area contributed by atoms with Crippen molar-refractivity contribution in [3.05, 3.63) is 57.1 Å². The van der Waals surface area contributed by atoms with Crippen molar-refractivity contribution in [1.29, 1.82) is 0 Å². The molecule has 29 heavy (non-hydrogen) atoms. The van der Waals surface area contributed by atoms with Gasteiger partial charge in [0.2, 0.25) is 5.91 Å². The molecule has 3 heterocycles. The van der Waals surface area contributed by atoms with Crippen LogP contribution in [0.2, 0.25) is 0 Å². The summed E-state index contributed by atoms with van der Waals surface area (Å²) in [6.07, 6.45) is 1.72. The van der Waals surface area contributed by atoms with Crippen LogP contribution in [0.15, 0.2) is 46.6 Å². The Kier molecular flexibility index (Phi) is 5.44. The fourth-order valence-corrected chi connectivity index (χ4v) is 4.21. The van der Waals surface area contributed by atoms with Crippen LogP contribution in [-0.2, 0) is 11.8 Å². The van der Waals surface area contributed by atoms with E-state index in [1.807, 2.05) is 36.6 Å². The number of aryl methyl sites for hydroxylation is 2. The average molecular weight is 410 g/mol. The molecule has 0 bridgehead atoms. The Morgan fingerprint density at radius 2 is 2.07 bits per heavy atom. The molecular formula is C21H23N5O2S. The molecule has 1 amide bonds. The molecule has 1 N–H and O–H groups in total. The molecule has 7 nitrogen and oxygen atoms in total. The van der Waals surface area contributed by atoms with E-state index in [2.05, 4.69) is 20.3 Å². The number of benzene rings is 1. The lowest BCUT2D eigenvalue weighted by Crippen LogP contribution is -2.41. The smallest absolute Gasteiger partial charge is 0.266 e. The highest BCUT2D eigenvalue weighted by Gasteiger charge is 2.27. The number of carbonyl (C=O) groups is 1. The van der Waals surface area contributed by atoms with Gasteiger partial charge in [-0.15, -0.1) is 11.3 Å². The number of nitrogens with zero attached hydrogens (tertiary/aromatic N) is 4. The topological polar surface area (TPSA) is 80.1 Å². The van der Waals surface area contributed by atoms with E-state index in [-0.39, 0.29) is 17.4 Å². The van der Waals surface area contributed by atoms with Gasteiger partial charge >= 0.3 is 0 Å². The van der Waals surface area contributed by atoms with Crippen LogP contribution >= 0.6 is 11.3 Å². The number of para-hydroxylation sites is 1. The van der Waals surface area contributed by atoms with Gasteiger partial charge in [-0.2, -0.15) is 5.10 Å². The van der Waals surface area contributed by atoms with Crippen LogP contribution in [0.4, 0.5) is 11.5 Å². The van der Waals surface area contributed by atoms with Crippen molar-refractivity contribution >= 4 is 28.7 Å². The van der Waals surface area contributed by atoms with Gasteiger partial charge in [0.25, 0.3) is 5.56 Å². The van der Waals surface area contributed by atoms with Gasteiger partial charge in [-0.1, -0.05) is 18.2 Å². The highest BCUT2D eigenvalue weighted by molar-refractivity contribution is 7.09. The van der Waals surface area contributed by atoms with Crippen molar-refractivity contribution in [2.24, 2.45) is 13.0 Å². The Labute approximate surface area is 173 Å².